The van der Waals surface area contributed by atoms with E-state index >= 15 is 0 Å². The van der Waals surface area contributed by atoms with Crippen molar-refractivity contribution in [2.45, 2.75) is 58.4 Å². The van der Waals surface area contributed by atoms with Crippen LogP contribution in [0.15, 0.2) is 12.1 Å². The largest absolute Gasteiger partial charge is 0.493 e. The maximum absolute atomic E-state index is 6.09. The summed E-state index contributed by atoms with van der Waals surface area (Å²) in [6.07, 6.45) is 6.55. The minimum atomic E-state index is 0.146. The second-order valence-electron chi connectivity index (χ2n) is 5.59. The van der Waals surface area contributed by atoms with E-state index in [1.54, 1.807) is 0 Å². The monoisotopic (exact) mass is 293 g/mol. The van der Waals surface area contributed by atoms with Crippen molar-refractivity contribution in [2.75, 3.05) is 13.4 Å². The zero-order chi connectivity index (χ0) is 15.1. The minimum Gasteiger partial charge on any atom is -0.493 e. The molecule has 2 N–H and O–H groups in total. The van der Waals surface area contributed by atoms with E-state index in [1.165, 1.54) is 19.3 Å². The van der Waals surface area contributed by atoms with Crippen LogP contribution in [0.1, 0.15) is 51.5 Å². The number of nitrogens with two attached hydrogens (primary N) is 1. The molecule has 0 aliphatic carbocycles. The molecular formula is C17H27NO3. The fourth-order valence-electron chi connectivity index (χ4n) is 2.40. The molecule has 118 valence electrons. The fourth-order valence-corrected chi connectivity index (χ4v) is 2.40. The predicted octanol–water partition coefficient (Wildman–Crippen LogP) is 3.65. The molecule has 1 aliphatic heterocycles. The topological polar surface area (TPSA) is 53.7 Å². The van der Waals surface area contributed by atoms with E-state index in [1.807, 2.05) is 12.1 Å². The summed E-state index contributed by atoms with van der Waals surface area (Å²) >= 11 is 0. The van der Waals surface area contributed by atoms with Crippen molar-refractivity contribution in [3.05, 3.63) is 17.7 Å². The molecular weight excluding hydrogens is 266 g/mol. The lowest BCUT2D eigenvalue weighted by Crippen LogP contribution is -2.21. The fraction of sp³-hybridized carbons (Fsp3) is 0.647. The second kappa shape index (κ2) is 8.13. The number of ether oxygens (including phenoxy) is 3. The van der Waals surface area contributed by atoms with Gasteiger partial charge in [-0.25, -0.2) is 0 Å². The van der Waals surface area contributed by atoms with Crippen molar-refractivity contribution in [3.63, 3.8) is 0 Å². The lowest BCUT2D eigenvalue weighted by atomic mass is 10.0. The summed E-state index contributed by atoms with van der Waals surface area (Å²) in [5.74, 6) is 2.46. The second-order valence-corrected chi connectivity index (χ2v) is 5.59. The van der Waals surface area contributed by atoms with Gasteiger partial charge in [-0.05, 0) is 30.9 Å². The quantitative estimate of drug-likeness (QED) is 0.706. The summed E-state index contributed by atoms with van der Waals surface area (Å²) in [6, 6.07) is 4.10. The molecule has 1 unspecified atom stereocenters. The highest BCUT2D eigenvalue weighted by Gasteiger charge is 2.19. The lowest BCUT2D eigenvalue weighted by Gasteiger charge is -2.15. The third-order valence-corrected chi connectivity index (χ3v) is 3.82. The molecule has 0 saturated heterocycles. The molecule has 1 aromatic carbocycles. The van der Waals surface area contributed by atoms with Crippen LogP contribution >= 0.6 is 0 Å². The average Bonchev–Trinajstić information content (AvgIpc) is 2.94. The van der Waals surface area contributed by atoms with Gasteiger partial charge in [-0.1, -0.05) is 33.1 Å². The Hall–Kier alpha value is -1.42. The number of hydrogen-bond donors (Lipinski definition) is 1. The van der Waals surface area contributed by atoms with Crippen molar-refractivity contribution >= 4 is 0 Å². The van der Waals surface area contributed by atoms with Crippen molar-refractivity contribution in [2.24, 2.45) is 5.73 Å². The van der Waals surface area contributed by atoms with Crippen LogP contribution in [-0.4, -0.2) is 19.4 Å². The van der Waals surface area contributed by atoms with Crippen LogP contribution in [0.4, 0.5) is 0 Å². The molecule has 0 saturated carbocycles. The number of benzene rings is 1. The van der Waals surface area contributed by atoms with Crippen LogP contribution in [-0.2, 0) is 6.42 Å². The van der Waals surface area contributed by atoms with E-state index in [-0.39, 0.29) is 12.8 Å². The highest BCUT2D eigenvalue weighted by Crippen LogP contribution is 2.38. The van der Waals surface area contributed by atoms with Gasteiger partial charge in [0.1, 0.15) is 5.75 Å². The summed E-state index contributed by atoms with van der Waals surface area (Å²) in [4.78, 5) is 0. The van der Waals surface area contributed by atoms with E-state index in [0.29, 0.717) is 0 Å². The SMILES string of the molecule is CCCCCCOc1cc2c(cc1CC(N)CC)OCO2. The van der Waals surface area contributed by atoms with Crippen LogP contribution in [0.2, 0.25) is 0 Å². The molecule has 1 aliphatic rings. The van der Waals surface area contributed by atoms with Gasteiger partial charge in [0.2, 0.25) is 6.79 Å². The number of fused-ring (bicyclic) bond motifs is 1. The van der Waals surface area contributed by atoms with E-state index in [0.717, 1.165) is 48.7 Å². The third kappa shape index (κ3) is 4.53. The van der Waals surface area contributed by atoms with Gasteiger partial charge in [0, 0.05) is 12.1 Å². The smallest absolute Gasteiger partial charge is 0.231 e. The minimum absolute atomic E-state index is 0.146. The maximum Gasteiger partial charge on any atom is 0.231 e. The summed E-state index contributed by atoms with van der Waals surface area (Å²) in [5, 5.41) is 0. The Labute approximate surface area is 127 Å². The summed E-state index contributed by atoms with van der Waals surface area (Å²) in [6.45, 7) is 5.34. The van der Waals surface area contributed by atoms with Crippen LogP contribution < -0.4 is 19.9 Å². The van der Waals surface area contributed by atoms with Crippen molar-refractivity contribution in [1.82, 2.24) is 0 Å². The predicted molar refractivity (Wildman–Crippen MR) is 84.2 cm³/mol. The van der Waals surface area contributed by atoms with E-state index < -0.39 is 0 Å². The zero-order valence-electron chi connectivity index (χ0n) is 13.2. The number of rotatable bonds is 9. The van der Waals surface area contributed by atoms with Crippen LogP contribution in [0.25, 0.3) is 0 Å². The Balaban J connectivity index is 2.02. The first kappa shape index (κ1) is 16.0. The van der Waals surface area contributed by atoms with E-state index in [2.05, 4.69) is 13.8 Å². The van der Waals surface area contributed by atoms with E-state index in [9.17, 15) is 0 Å². The Morgan fingerprint density at radius 3 is 2.62 bits per heavy atom. The molecule has 0 spiro atoms. The summed E-state index contributed by atoms with van der Waals surface area (Å²) in [7, 11) is 0. The maximum atomic E-state index is 6.09. The highest BCUT2D eigenvalue weighted by molar-refractivity contribution is 5.52. The molecule has 0 fully saturated rings. The van der Waals surface area contributed by atoms with Gasteiger partial charge >= 0.3 is 0 Å². The molecule has 0 aromatic heterocycles. The van der Waals surface area contributed by atoms with Gasteiger partial charge in [0.15, 0.2) is 11.5 Å². The number of hydrogen-bond acceptors (Lipinski definition) is 4. The van der Waals surface area contributed by atoms with Crippen LogP contribution in [0, 0.1) is 0 Å². The van der Waals surface area contributed by atoms with Gasteiger partial charge in [-0.15, -0.1) is 0 Å². The molecule has 0 bridgehead atoms. The van der Waals surface area contributed by atoms with Gasteiger partial charge in [-0.2, -0.15) is 0 Å². The van der Waals surface area contributed by atoms with Crippen LogP contribution in [0.3, 0.4) is 0 Å². The molecule has 0 radical (unpaired) electrons. The first-order valence-corrected chi connectivity index (χ1v) is 8.05. The molecule has 2 rings (SSSR count). The highest BCUT2D eigenvalue weighted by atomic mass is 16.7. The molecule has 0 amide bonds. The van der Waals surface area contributed by atoms with Gasteiger partial charge < -0.3 is 19.9 Å². The van der Waals surface area contributed by atoms with Gasteiger partial charge in [-0.3, -0.25) is 0 Å². The zero-order valence-corrected chi connectivity index (χ0v) is 13.2. The van der Waals surface area contributed by atoms with E-state index in [4.69, 9.17) is 19.9 Å². The van der Waals surface area contributed by atoms with Gasteiger partial charge in [0.05, 0.1) is 6.61 Å². The summed E-state index contributed by atoms with van der Waals surface area (Å²) < 4.78 is 16.8. The molecule has 4 nitrogen and oxygen atoms in total. The lowest BCUT2D eigenvalue weighted by molar-refractivity contribution is 0.173. The Bertz CT molecular complexity index is 448. The molecule has 1 atom stereocenters. The van der Waals surface area contributed by atoms with Crippen molar-refractivity contribution in [1.29, 1.82) is 0 Å². The van der Waals surface area contributed by atoms with Crippen LogP contribution in [0.5, 0.6) is 17.2 Å². The first-order chi connectivity index (χ1) is 10.2. The molecule has 4 heteroatoms. The third-order valence-electron chi connectivity index (χ3n) is 3.82. The average molecular weight is 293 g/mol. The molecule has 1 heterocycles. The Kier molecular flexibility index (Phi) is 6.18. The van der Waals surface area contributed by atoms with Crippen molar-refractivity contribution in [3.8, 4) is 17.2 Å². The van der Waals surface area contributed by atoms with Crippen molar-refractivity contribution < 1.29 is 14.2 Å². The Morgan fingerprint density at radius 1 is 1.14 bits per heavy atom. The standard InChI is InChI=1S/C17H27NO3/c1-3-5-6-7-8-19-15-11-17-16(20-12-21-17)10-13(15)9-14(18)4-2/h10-11,14H,3-9,12,18H2,1-2H3. The molecule has 21 heavy (non-hydrogen) atoms. The normalized spacial score (nSPS) is 14.2. The summed E-state index contributed by atoms with van der Waals surface area (Å²) in [5.41, 5.74) is 7.20. The number of unbranched alkanes of at least 4 members (excludes halogenated alkanes) is 3. The van der Waals surface area contributed by atoms with Gasteiger partial charge in [0.25, 0.3) is 0 Å². The first-order valence-electron chi connectivity index (χ1n) is 8.05. The molecule has 1 aromatic rings. The Morgan fingerprint density at radius 2 is 1.90 bits per heavy atom.